The van der Waals surface area contributed by atoms with Crippen molar-refractivity contribution in [3.05, 3.63) is 59.9 Å². The van der Waals surface area contributed by atoms with Crippen molar-refractivity contribution in [2.24, 2.45) is 7.05 Å². The van der Waals surface area contributed by atoms with Crippen molar-refractivity contribution in [1.29, 1.82) is 0 Å². The predicted octanol–water partition coefficient (Wildman–Crippen LogP) is 4.11. The van der Waals surface area contributed by atoms with Crippen LogP contribution in [-0.4, -0.2) is 26.8 Å². The summed E-state index contributed by atoms with van der Waals surface area (Å²) >= 11 is 0. The van der Waals surface area contributed by atoms with Crippen molar-refractivity contribution in [2.45, 2.75) is 33.1 Å². The van der Waals surface area contributed by atoms with Crippen molar-refractivity contribution in [3.8, 4) is 17.1 Å². The van der Waals surface area contributed by atoms with Crippen molar-refractivity contribution in [1.82, 2.24) is 19.7 Å². The molecule has 136 valence electrons. The highest BCUT2D eigenvalue weighted by molar-refractivity contribution is 5.94. The number of unbranched alkanes of at least 4 members (excludes halogenated alkanes) is 2. The van der Waals surface area contributed by atoms with Gasteiger partial charge in [0.05, 0.1) is 11.4 Å². The molecular formula is C21H26N4O. The Morgan fingerprint density at radius 2 is 2.00 bits per heavy atom. The van der Waals surface area contributed by atoms with E-state index in [4.69, 9.17) is 5.10 Å². The van der Waals surface area contributed by atoms with Crippen LogP contribution in [0.3, 0.4) is 0 Å². The maximum atomic E-state index is 12.8. The molecule has 2 aromatic heterocycles. The number of aryl methyl sites for hydroxylation is 2. The van der Waals surface area contributed by atoms with Gasteiger partial charge in [-0.1, -0.05) is 31.9 Å². The van der Waals surface area contributed by atoms with Crippen molar-refractivity contribution in [3.63, 3.8) is 0 Å². The van der Waals surface area contributed by atoms with Crippen LogP contribution in [0.5, 0.6) is 0 Å². The normalized spacial score (nSPS) is 10.9. The molecule has 0 bridgehead atoms. The summed E-state index contributed by atoms with van der Waals surface area (Å²) in [6.07, 6.45) is 5.22. The number of nitrogens with one attached hydrogen (secondary N) is 1. The van der Waals surface area contributed by atoms with E-state index in [1.54, 1.807) is 4.68 Å². The Labute approximate surface area is 154 Å². The van der Waals surface area contributed by atoms with Crippen LogP contribution >= 0.6 is 0 Å². The van der Waals surface area contributed by atoms with Crippen molar-refractivity contribution < 1.29 is 4.79 Å². The molecule has 1 aromatic carbocycles. The second-order valence-corrected chi connectivity index (χ2v) is 6.63. The lowest BCUT2D eigenvalue weighted by Crippen LogP contribution is -2.26. The second kappa shape index (κ2) is 8.04. The number of hydrogen-bond acceptors (Lipinski definition) is 2. The molecule has 0 aliphatic carbocycles. The number of carbonyl (C=O) groups is 1. The van der Waals surface area contributed by atoms with E-state index >= 15 is 0 Å². The van der Waals surface area contributed by atoms with E-state index in [9.17, 15) is 4.79 Å². The summed E-state index contributed by atoms with van der Waals surface area (Å²) in [6, 6.07) is 13.9. The van der Waals surface area contributed by atoms with Gasteiger partial charge in [-0.05, 0) is 49.2 Å². The Balaban J connectivity index is 1.96. The van der Waals surface area contributed by atoms with Gasteiger partial charge in [0.15, 0.2) is 0 Å². The molecule has 2 heterocycles. The lowest BCUT2D eigenvalue weighted by atomic mass is 10.2. The van der Waals surface area contributed by atoms with Gasteiger partial charge in [0.1, 0.15) is 11.4 Å². The molecule has 0 saturated carbocycles. The average Bonchev–Trinajstić information content (AvgIpc) is 3.24. The number of rotatable bonds is 7. The van der Waals surface area contributed by atoms with Crippen LogP contribution in [-0.2, 0) is 7.05 Å². The standard InChI is InChI=1S/C21H26N4O/c1-4-5-6-12-22-21(26)20-15-18(19-11-8-13-24(19)3)23-25(20)17-10-7-9-16(2)14-17/h7-11,13-15H,4-6,12H2,1-3H3,(H,22,26). The van der Waals surface area contributed by atoms with Gasteiger partial charge in [0.2, 0.25) is 0 Å². The molecule has 0 spiro atoms. The summed E-state index contributed by atoms with van der Waals surface area (Å²) < 4.78 is 3.75. The molecule has 1 N–H and O–H groups in total. The van der Waals surface area contributed by atoms with Crippen LogP contribution in [0.2, 0.25) is 0 Å². The van der Waals surface area contributed by atoms with E-state index in [1.807, 2.05) is 67.2 Å². The third-order valence-electron chi connectivity index (χ3n) is 4.46. The van der Waals surface area contributed by atoms with Crippen LogP contribution in [0.15, 0.2) is 48.7 Å². The highest BCUT2D eigenvalue weighted by Gasteiger charge is 2.18. The molecule has 0 radical (unpaired) electrons. The van der Waals surface area contributed by atoms with E-state index in [0.29, 0.717) is 12.2 Å². The molecular weight excluding hydrogens is 324 g/mol. The first kappa shape index (κ1) is 18.0. The number of amides is 1. The molecule has 26 heavy (non-hydrogen) atoms. The SMILES string of the molecule is CCCCCNC(=O)c1cc(-c2cccn2C)nn1-c1cccc(C)c1. The molecule has 0 aliphatic rings. The first-order valence-corrected chi connectivity index (χ1v) is 9.17. The highest BCUT2D eigenvalue weighted by atomic mass is 16.2. The molecule has 0 saturated heterocycles. The van der Waals surface area contributed by atoms with Gasteiger partial charge in [-0.15, -0.1) is 0 Å². The Kier molecular flexibility index (Phi) is 5.56. The third kappa shape index (κ3) is 3.87. The summed E-state index contributed by atoms with van der Waals surface area (Å²) in [5.41, 5.74) is 4.36. The maximum absolute atomic E-state index is 12.8. The second-order valence-electron chi connectivity index (χ2n) is 6.63. The Morgan fingerprint density at radius 3 is 2.69 bits per heavy atom. The van der Waals surface area contributed by atoms with Crippen molar-refractivity contribution >= 4 is 5.91 Å². The van der Waals surface area contributed by atoms with Gasteiger partial charge in [-0.2, -0.15) is 5.10 Å². The van der Waals surface area contributed by atoms with Gasteiger partial charge >= 0.3 is 0 Å². The maximum Gasteiger partial charge on any atom is 0.270 e. The predicted molar refractivity (Wildman–Crippen MR) is 105 cm³/mol. The molecule has 5 nitrogen and oxygen atoms in total. The Bertz CT molecular complexity index is 891. The summed E-state index contributed by atoms with van der Waals surface area (Å²) in [4.78, 5) is 12.8. The van der Waals surface area contributed by atoms with Gasteiger partial charge < -0.3 is 9.88 Å². The molecule has 0 aliphatic heterocycles. The van der Waals surface area contributed by atoms with Crippen LogP contribution in [0.25, 0.3) is 17.1 Å². The zero-order valence-electron chi connectivity index (χ0n) is 15.7. The monoisotopic (exact) mass is 350 g/mol. The molecule has 1 amide bonds. The smallest absolute Gasteiger partial charge is 0.270 e. The fourth-order valence-corrected chi connectivity index (χ4v) is 3.02. The van der Waals surface area contributed by atoms with E-state index in [1.165, 1.54) is 0 Å². The Morgan fingerprint density at radius 1 is 1.15 bits per heavy atom. The van der Waals surface area contributed by atoms with Crippen LogP contribution < -0.4 is 5.32 Å². The van der Waals surface area contributed by atoms with Gasteiger partial charge in [-0.3, -0.25) is 4.79 Å². The topological polar surface area (TPSA) is 51.9 Å². The minimum absolute atomic E-state index is 0.0874. The van der Waals surface area contributed by atoms with Gasteiger partial charge in [0, 0.05) is 19.8 Å². The first-order chi connectivity index (χ1) is 12.6. The molecule has 0 fully saturated rings. The lowest BCUT2D eigenvalue weighted by Gasteiger charge is -2.09. The number of hydrogen-bond donors (Lipinski definition) is 1. The fraction of sp³-hybridized carbons (Fsp3) is 0.333. The molecule has 0 unspecified atom stereocenters. The number of nitrogens with zero attached hydrogens (tertiary/aromatic N) is 3. The summed E-state index contributed by atoms with van der Waals surface area (Å²) in [5, 5.41) is 7.75. The summed E-state index contributed by atoms with van der Waals surface area (Å²) in [5.74, 6) is -0.0874. The van der Waals surface area contributed by atoms with E-state index in [0.717, 1.165) is 41.9 Å². The molecule has 5 heteroatoms. The van der Waals surface area contributed by atoms with Crippen LogP contribution in [0.1, 0.15) is 42.2 Å². The molecule has 0 atom stereocenters. The minimum atomic E-state index is -0.0874. The summed E-state index contributed by atoms with van der Waals surface area (Å²) in [7, 11) is 1.98. The quantitative estimate of drug-likeness (QED) is 0.652. The first-order valence-electron chi connectivity index (χ1n) is 9.17. The zero-order chi connectivity index (χ0) is 18.5. The fourth-order valence-electron chi connectivity index (χ4n) is 3.02. The highest BCUT2D eigenvalue weighted by Crippen LogP contribution is 2.22. The number of benzene rings is 1. The van der Waals surface area contributed by atoms with Crippen molar-refractivity contribution in [2.75, 3.05) is 6.54 Å². The Hall–Kier alpha value is -2.82. The largest absolute Gasteiger partial charge is 0.351 e. The van der Waals surface area contributed by atoms with Crippen LogP contribution in [0.4, 0.5) is 0 Å². The number of carbonyl (C=O) groups excluding carboxylic acids is 1. The molecule has 3 aromatic rings. The van der Waals surface area contributed by atoms with E-state index in [-0.39, 0.29) is 5.91 Å². The van der Waals surface area contributed by atoms with E-state index < -0.39 is 0 Å². The van der Waals surface area contributed by atoms with E-state index in [2.05, 4.69) is 12.2 Å². The van der Waals surface area contributed by atoms with Gasteiger partial charge in [-0.25, -0.2) is 4.68 Å². The molecule has 3 rings (SSSR count). The lowest BCUT2D eigenvalue weighted by molar-refractivity contribution is 0.0945. The zero-order valence-corrected chi connectivity index (χ0v) is 15.7. The van der Waals surface area contributed by atoms with Gasteiger partial charge in [0.25, 0.3) is 5.91 Å². The van der Waals surface area contributed by atoms with Crippen LogP contribution in [0, 0.1) is 6.92 Å². The number of aromatic nitrogens is 3. The minimum Gasteiger partial charge on any atom is -0.351 e. The summed E-state index contributed by atoms with van der Waals surface area (Å²) in [6.45, 7) is 4.88. The average molecular weight is 350 g/mol. The third-order valence-corrected chi connectivity index (χ3v) is 4.46.